The van der Waals surface area contributed by atoms with Crippen LogP contribution >= 0.6 is 0 Å². The van der Waals surface area contributed by atoms with Gasteiger partial charge in [0.05, 0.1) is 25.4 Å². The van der Waals surface area contributed by atoms with Crippen molar-refractivity contribution in [2.75, 3.05) is 76.9 Å². The first-order valence-electron chi connectivity index (χ1n) is 10.0. The first-order valence-corrected chi connectivity index (χ1v) is 10.0. The van der Waals surface area contributed by atoms with Gasteiger partial charge in [-0.05, 0) is 25.1 Å². The summed E-state index contributed by atoms with van der Waals surface area (Å²) in [6, 6.07) is 4.52. The van der Waals surface area contributed by atoms with Crippen LogP contribution in [0.25, 0.3) is 0 Å². The van der Waals surface area contributed by atoms with Crippen molar-refractivity contribution in [3.05, 3.63) is 23.8 Å². The number of benzene rings is 1. The van der Waals surface area contributed by atoms with Gasteiger partial charge >= 0.3 is 12.0 Å². The molecule has 0 saturated carbocycles. The highest BCUT2D eigenvalue weighted by Gasteiger charge is 2.16. The molecular weight excluding hydrogens is 390 g/mol. The van der Waals surface area contributed by atoms with Crippen molar-refractivity contribution in [1.82, 2.24) is 15.5 Å². The Balaban J connectivity index is 1.96. The number of carbonyl (C=O) groups excluding carboxylic acids is 3. The van der Waals surface area contributed by atoms with Gasteiger partial charge in [0.25, 0.3) is 5.91 Å². The molecule has 0 unspecified atom stereocenters. The van der Waals surface area contributed by atoms with Crippen molar-refractivity contribution in [2.45, 2.75) is 6.92 Å². The third-order valence-electron chi connectivity index (χ3n) is 4.50. The van der Waals surface area contributed by atoms with Crippen molar-refractivity contribution >= 4 is 29.3 Å². The monoisotopic (exact) mass is 421 g/mol. The average Bonchev–Trinajstić information content (AvgIpc) is 2.73. The van der Waals surface area contributed by atoms with Crippen LogP contribution in [-0.4, -0.2) is 89.4 Å². The van der Waals surface area contributed by atoms with E-state index >= 15 is 0 Å². The fourth-order valence-corrected chi connectivity index (χ4v) is 2.97. The third-order valence-corrected chi connectivity index (χ3v) is 4.50. The number of anilines is 2. The normalized spacial score (nSPS) is 14.0. The second-order valence-electron chi connectivity index (χ2n) is 6.95. The summed E-state index contributed by atoms with van der Waals surface area (Å²) in [7, 11) is 3.69. The highest BCUT2D eigenvalue weighted by atomic mass is 16.5. The molecule has 1 aliphatic rings. The van der Waals surface area contributed by atoms with Crippen molar-refractivity contribution < 1.29 is 23.9 Å². The molecular formula is C20H31N5O5. The lowest BCUT2D eigenvalue weighted by atomic mass is 10.1. The number of ether oxygens (including phenoxy) is 2. The summed E-state index contributed by atoms with van der Waals surface area (Å²) in [6.07, 6.45) is 0. The number of amides is 3. The van der Waals surface area contributed by atoms with Crippen molar-refractivity contribution in [1.29, 1.82) is 0 Å². The van der Waals surface area contributed by atoms with E-state index in [2.05, 4.69) is 20.9 Å². The minimum absolute atomic E-state index is 0.220. The maximum Gasteiger partial charge on any atom is 0.325 e. The first kappa shape index (κ1) is 23.4. The molecule has 0 bridgehead atoms. The molecule has 30 heavy (non-hydrogen) atoms. The van der Waals surface area contributed by atoms with Gasteiger partial charge in [0.1, 0.15) is 6.54 Å². The van der Waals surface area contributed by atoms with E-state index in [1.165, 1.54) is 0 Å². The van der Waals surface area contributed by atoms with Crippen LogP contribution in [0.15, 0.2) is 18.2 Å². The lowest BCUT2D eigenvalue weighted by Crippen LogP contribution is -2.41. The molecule has 0 atom stereocenters. The zero-order valence-corrected chi connectivity index (χ0v) is 17.8. The number of rotatable bonds is 9. The predicted octanol–water partition coefficient (Wildman–Crippen LogP) is 0.499. The van der Waals surface area contributed by atoms with Crippen LogP contribution in [0.1, 0.15) is 17.3 Å². The maximum atomic E-state index is 12.8. The Morgan fingerprint density at radius 2 is 1.90 bits per heavy atom. The van der Waals surface area contributed by atoms with E-state index < -0.39 is 12.0 Å². The molecule has 1 aliphatic heterocycles. The summed E-state index contributed by atoms with van der Waals surface area (Å²) in [5, 5.41) is 7.99. The van der Waals surface area contributed by atoms with Gasteiger partial charge in [-0.25, -0.2) is 4.79 Å². The van der Waals surface area contributed by atoms with Crippen molar-refractivity contribution in [3.63, 3.8) is 0 Å². The average molecular weight is 421 g/mol. The Hall–Kier alpha value is -2.85. The quantitative estimate of drug-likeness (QED) is 0.498. The molecule has 3 amide bonds. The molecule has 1 heterocycles. The van der Waals surface area contributed by atoms with E-state index in [0.717, 1.165) is 25.3 Å². The van der Waals surface area contributed by atoms with E-state index in [4.69, 9.17) is 9.47 Å². The summed E-state index contributed by atoms with van der Waals surface area (Å²) in [4.78, 5) is 40.2. The van der Waals surface area contributed by atoms with Crippen LogP contribution in [-0.2, 0) is 14.3 Å². The van der Waals surface area contributed by atoms with Gasteiger partial charge in [0.2, 0.25) is 0 Å². The Bertz CT molecular complexity index is 734. The molecule has 10 nitrogen and oxygen atoms in total. The molecule has 1 aromatic rings. The summed E-state index contributed by atoms with van der Waals surface area (Å²) < 4.78 is 10.1. The number of esters is 1. The summed E-state index contributed by atoms with van der Waals surface area (Å²) >= 11 is 0. The molecule has 166 valence electrons. The maximum absolute atomic E-state index is 12.8. The predicted molar refractivity (Wildman–Crippen MR) is 114 cm³/mol. The van der Waals surface area contributed by atoms with E-state index in [0.29, 0.717) is 31.0 Å². The number of urea groups is 1. The molecule has 1 aromatic carbocycles. The van der Waals surface area contributed by atoms with Gasteiger partial charge in [0.15, 0.2) is 0 Å². The van der Waals surface area contributed by atoms with Gasteiger partial charge in [-0.1, -0.05) is 0 Å². The van der Waals surface area contributed by atoms with Crippen molar-refractivity contribution in [2.24, 2.45) is 0 Å². The molecule has 1 fully saturated rings. The van der Waals surface area contributed by atoms with E-state index in [1.807, 2.05) is 19.0 Å². The third kappa shape index (κ3) is 7.53. The minimum Gasteiger partial charge on any atom is -0.465 e. The first-order chi connectivity index (χ1) is 14.4. The van der Waals surface area contributed by atoms with Crippen LogP contribution in [0, 0.1) is 0 Å². The molecule has 0 spiro atoms. The van der Waals surface area contributed by atoms with Crippen LogP contribution in [0.4, 0.5) is 16.2 Å². The second kappa shape index (κ2) is 12.0. The van der Waals surface area contributed by atoms with E-state index in [1.54, 1.807) is 25.1 Å². The van der Waals surface area contributed by atoms with E-state index in [-0.39, 0.29) is 19.1 Å². The lowest BCUT2D eigenvalue weighted by Gasteiger charge is -2.26. The summed E-state index contributed by atoms with van der Waals surface area (Å²) in [5.41, 5.74) is 1.63. The second-order valence-corrected chi connectivity index (χ2v) is 6.95. The number of carbonyl (C=O) groups is 3. The van der Waals surface area contributed by atoms with Gasteiger partial charge in [-0.15, -0.1) is 0 Å². The number of hydrogen-bond donors (Lipinski definition) is 3. The minimum atomic E-state index is -0.556. The van der Waals surface area contributed by atoms with E-state index in [9.17, 15) is 14.4 Å². The van der Waals surface area contributed by atoms with Crippen LogP contribution < -0.4 is 20.9 Å². The fourth-order valence-electron chi connectivity index (χ4n) is 2.97. The highest BCUT2D eigenvalue weighted by Crippen LogP contribution is 2.23. The number of nitrogens with zero attached hydrogens (tertiary/aromatic N) is 2. The molecule has 0 radical (unpaired) electrons. The zero-order valence-electron chi connectivity index (χ0n) is 17.8. The largest absolute Gasteiger partial charge is 0.465 e. The molecule has 2 rings (SSSR count). The standard InChI is InChI=1S/C20H31N5O5/c1-4-30-18(26)14-22-20(28)23-15-5-6-17(24(2)3)16(13-15)19(27)21-7-8-25-9-11-29-12-10-25/h5-6,13H,4,7-12,14H2,1-3H3,(H,21,27)(H2,22,23,28). The Morgan fingerprint density at radius 3 is 2.57 bits per heavy atom. The number of hydrogen-bond acceptors (Lipinski definition) is 7. The molecule has 10 heteroatoms. The molecule has 3 N–H and O–H groups in total. The van der Waals surface area contributed by atoms with Gasteiger partial charge in [0, 0.05) is 51.6 Å². The number of nitrogens with one attached hydrogen (secondary N) is 3. The van der Waals surface area contributed by atoms with Gasteiger partial charge in [-0.3, -0.25) is 14.5 Å². The summed E-state index contributed by atoms with van der Waals surface area (Å²) in [6.45, 7) is 6.12. The Kier molecular flexibility index (Phi) is 9.36. The Labute approximate surface area is 176 Å². The van der Waals surface area contributed by atoms with Crippen LogP contribution in [0.3, 0.4) is 0 Å². The fraction of sp³-hybridized carbons (Fsp3) is 0.550. The highest BCUT2D eigenvalue weighted by molar-refractivity contribution is 6.02. The Morgan fingerprint density at radius 1 is 1.17 bits per heavy atom. The topological polar surface area (TPSA) is 112 Å². The molecule has 0 aliphatic carbocycles. The number of morpholine rings is 1. The van der Waals surface area contributed by atoms with Crippen LogP contribution in [0.2, 0.25) is 0 Å². The molecule has 0 aromatic heterocycles. The lowest BCUT2D eigenvalue weighted by molar-refractivity contribution is -0.141. The van der Waals surface area contributed by atoms with Crippen molar-refractivity contribution in [3.8, 4) is 0 Å². The molecule has 1 saturated heterocycles. The van der Waals surface area contributed by atoms with Crippen LogP contribution in [0.5, 0.6) is 0 Å². The van der Waals surface area contributed by atoms with Gasteiger partial charge < -0.3 is 30.3 Å². The zero-order chi connectivity index (χ0) is 21.9. The SMILES string of the molecule is CCOC(=O)CNC(=O)Nc1ccc(N(C)C)c(C(=O)NCCN2CCOCC2)c1. The summed E-state index contributed by atoms with van der Waals surface area (Å²) in [5.74, 6) is -0.738. The smallest absolute Gasteiger partial charge is 0.325 e. The van der Waals surface area contributed by atoms with Gasteiger partial charge in [-0.2, -0.15) is 0 Å².